The molecule has 0 unspecified atom stereocenters. The number of aryl methyl sites for hydroxylation is 1. The van der Waals surface area contributed by atoms with E-state index in [0.29, 0.717) is 16.7 Å². The number of benzene rings is 3. The maximum Gasteiger partial charge on any atom is 0.263 e. The zero-order valence-corrected chi connectivity index (χ0v) is 19.0. The third kappa shape index (κ3) is 4.95. The van der Waals surface area contributed by atoms with E-state index in [2.05, 4.69) is 20.0 Å². The summed E-state index contributed by atoms with van der Waals surface area (Å²) in [6, 6.07) is 20.4. The highest BCUT2D eigenvalue weighted by Gasteiger charge is 2.19. The van der Waals surface area contributed by atoms with Crippen LogP contribution < -0.4 is 10.0 Å². The van der Waals surface area contributed by atoms with E-state index in [9.17, 15) is 13.5 Å². The van der Waals surface area contributed by atoms with Gasteiger partial charge in [-0.25, -0.2) is 18.4 Å². The number of aromatic hydroxyl groups is 1. The monoisotopic (exact) mass is 466 g/mol. The smallest absolute Gasteiger partial charge is 0.263 e. The Labute approximate surface area is 191 Å². The summed E-state index contributed by atoms with van der Waals surface area (Å²) in [5, 5.41) is 13.2. The molecule has 0 atom stereocenters. The van der Waals surface area contributed by atoms with Crippen LogP contribution in [0.15, 0.2) is 77.7 Å². The number of aromatic nitrogens is 2. The van der Waals surface area contributed by atoms with Crippen LogP contribution in [-0.2, 0) is 16.4 Å². The van der Waals surface area contributed by atoms with Crippen molar-refractivity contribution >= 4 is 50.1 Å². The molecule has 0 saturated carbocycles. The molecule has 0 bridgehead atoms. The van der Waals surface area contributed by atoms with Crippen molar-refractivity contribution in [2.75, 3.05) is 22.0 Å². The Balaban J connectivity index is 1.78. The van der Waals surface area contributed by atoms with Crippen molar-refractivity contribution < 1.29 is 13.5 Å². The molecule has 4 rings (SSSR count). The van der Waals surface area contributed by atoms with Gasteiger partial charge in [-0.3, -0.25) is 4.72 Å². The van der Waals surface area contributed by atoms with Crippen molar-refractivity contribution in [3.8, 4) is 5.75 Å². The molecule has 0 radical (unpaired) electrons. The normalized spacial score (nSPS) is 11.4. The van der Waals surface area contributed by atoms with Crippen LogP contribution >= 0.6 is 11.8 Å². The van der Waals surface area contributed by atoms with Crippen LogP contribution in [-0.4, -0.2) is 35.5 Å². The summed E-state index contributed by atoms with van der Waals surface area (Å²) < 4.78 is 28.5. The number of hydrogen-bond donors (Lipinski definition) is 3. The molecule has 4 aromatic rings. The number of nitrogens with zero attached hydrogens (tertiary/aromatic N) is 2. The van der Waals surface area contributed by atoms with Crippen LogP contribution in [0.3, 0.4) is 0 Å². The molecule has 0 aliphatic carbocycles. The van der Waals surface area contributed by atoms with Gasteiger partial charge in [0.1, 0.15) is 5.75 Å². The minimum atomic E-state index is -3.87. The highest BCUT2D eigenvalue weighted by atomic mass is 32.2. The number of para-hydroxylation sites is 2. The average Bonchev–Trinajstić information content (AvgIpc) is 2.79. The van der Waals surface area contributed by atoms with E-state index in [4.69, 9.17) is 0 Å². The standard InChI is InChI=1S/C23H22N4O3S2/c1-31-14-13-16-11-12-17(28)15-21(16)26-22-23(25-20-10-6-5-9-19(20)24-22)27-32(29,30)18-7-3-2-4-8-18/h2-12,15,28H,13-14H2,1H3,(H,24,26)(H,25,27). The van der Waals surface area contributed by atoms with Crippen molar-refractivity contribution in [2.45, 2.75) is 11.3 Å². The summed E-state index contributed by atoms with van der Waals surface area (Å²) >= 11 is 1.72. The maximum atomic E-state index is 13.0. The molecule has 3 N–H and O–H groups in total. The number of hydrogen-bond acceptors (Lipinski definition) is 7. The Bertz CT molecular complexity index is 1350. The minimum absolute atomic E-state index is 0.0757. The van der Waals surface area contributed by atoms with Gasteiger partial charge < -0.3 is 10.4 Å². The largest absolute Gasteiger partial charge is 0.508 e. The third-order valence-electron chi connectivity index (χ3n) is 4.78. The summed E-state index contributed by atoms with van der Waals surface area (Å²) in [6.45, 7) is 0. The molecule has 7 nitrogen and oxygen atoms in total. The lowest BCUT2D eigenvalue weighted by atomic mass is 10.1. The van der Waals surface area contributed by atoms with Crippen molar-refractivity contribution in [3.63, 3.8) is 0 Å². The molecule has 0 spiro atoms. The Morgan fingerprint density at radius 3 is 2.25 bits per heavy atom. The number of nitrogens with one attached hydrogen (secondary N) is 2. The Morgan fingerprint density at radius 2 is 1.56 bits per heavy atom. The van der Waals surface area contributed by atoms with Gasteiger partial charge in [-0.15, -0.1) is 0 Å². The number of rotatable bonds is 8. The first-order valence-electron chi connectivity index (χ1n) is 9.89. The van der Waals surface area contributed by atoms with Crippen LogP contribution in [0.5, 0.6) is 5.75 Å². The molecule has 0 fully saturated rings. The lowest BCUT2D eigenvalue weighted by Gasteiger charge is -2.16. The summed E-state index contributed by atoms with van der Waals surface area (Å²) in [5.74, 6) is 1.32. The summed E-state index contributed by atoms with van der Waals surface area (Å²) in [6.07, 6.45) is 2.80. The number of phenolic OH excluding ortho intramolecular Hbond substituents is 1. The first-order chi connectivity index (χ1) is 15.5. The van der Waals surface area contributed by atoms with Gasteiger partial charge in [-0.1, -0.05) is 36.4 Å². The minimum Gasteiger partial charge on any atom is -0.508 e. The van der Waals surface area contributed by atoms with E-state index in [1.807, 2.05) is 24.5 Å². The van der Waals surface area contributed by atoms with Crippen LogP contribution in [0.1, 0.15) is 5.56 Å². The zero-order valence-electron chi connectivity index (χ0n) is 17.3. The predicted molar refractivity (Wildman–Crippen MR) is 130 cm³/mol. The lowest BCUT2D eigenvalue weighted by molar-refractivity contribution is 0.475. The molecular formula is C23H22N4O3S2. The van der Waals surface area contributed by atoms with Gasteiger partial charge in [0, 0.05) is 11.8 Å². The molecule has 0 aliphatic heterocycles. The second-order valence-corrected chi connectivity index (χ2v) is 9.71. The first-order valence-corrected chi connectivity index (χ1v) is 12.8. The molecule has 9 heteroatoms. The molecule has 32 heavy (non-hydrogen) atoms. The highest BCUT2D eigenvalue weighted by Crippen LogP contribution is 2.31. The second-order valence-electron chi connectivity index (χ2n) is 7.04. The molecule has 3 aromatic carbocycles. The Kier molecular flexibility index (Phi) is 6.48. The summed E-state index contributed by atoms with van der Waals surface area (Å²) in [7, 11) is -3.87. The molecular weight excluding hydrogens is 444 g/mol. The Morgan fingerprint density at radius 1 is 0.906 bits per heavy atom. The van der Waals surface area contributed by atoms with E-state index in [1.165, 1.54) is 12.1 Å². The van der Waals surface area contributed by atoms with E-state index < -0.39 is 10.0 Å². The van der Waals surface area contributed by atoms with Gasteiger partial charge in [-0.2, -0.15) is 11.8 Å². The molecule has 0 saturated heterocycles. The first kappa shape index (κ1) is 21.9. The fraction of sp³-hybridized carbons (Fsp3) is 0.130. The maximum absolute atomic E-state index is 13.0. The van der Waals surface area contributed by atoms with Gasteiger partial charge in [0.15, 0.2) is 11.6 Å². The summed E-state index contributed by atoms with van der Waals surface area (Å²) in [5.41, 5.74) is 2.79. The fourth-order valence-corrected chi connectivity index (χ4v) is 4.64. The number of phenols is 1. The van der Waals surface area contributed by atoms with Gasteiger partial charge in [0.2, 0.25) is 0 Å². The molecule has 1 heterocycles. The average molecular weight is 467 g/mol. The number of anilines is 3. The van der Waals surface area contributed by atoms with Crippen LogP contribution in [0.25, 0.3) is 11.0 Å². The molecule has 164 valence electrons. The Hall–Kier alpha value is -3.30. The van der Waals surface area contributed by atoms with E-state index in [0.717, 1.165) is 17.7 Å². The van der Waals surface area contributed by atoms with Crippen LogP contribution in [0.4, 0.5) is 17.3 Å². The fourth-order valence-electron chi connectivity index (χ4n) is 3.18. The van der Waals surface area contributed by atoms with Gasteiger partial charge >= 0.3 is 0 Å². The molecule has 0 aliphatic rings. The van der Waals surface area contributed by atoms with Crippen LogP contribution in [0.2, 0.25) is 0 Å². The van der Waals surface area contributed by atoms with E-state index in [1.54, 1.807) is 54.2 Å². The zero-order chi connectivity index (χ0) is 22.6. The van der Waals surface area contributed by atoms with E-state index in [-0.39, 0.29) is 22.3 Å². The van der Waals surface area contributed by atoms with Gasteiger partial charge in [0.05, 0.1) is 15.9 Å². The van der Waals surface area contributed by atoms with Crippen LogP contribution in [0, 0.1) is 0 Å². The van der Waals surface area contributed by atoms with Crippen molar-refractivity contribution in [1.82, 2.24) is 9.97 Å². The predicted octanol–water partition coefficient (Wildman–Crippen LogP) is 4.79. The SMILES string of the molecule is CSCCc1ccc(O)cc1Nc1nc2ccccc2nc1NS(=O)(=O)c1ccccc1. The van der Waals surface area contributed by atoms with E-state index >= 15 is 0 Å². The number of sulfonamides is 1. The number of fused-ring (bicyclic) bond motifs is 1. The van der Waals surface area contributed by atoms with Gasteiger partial charge in [0.25, 0.3) is 10.0 Å². The third-order valence-corrected chi connectivity index (χ3v) is 6.74. The van der Waals surface area contributed by atoms with Crippen molar-refractivity contribution in [2.24, 2.45) is 0 Å². The topological polar surface area (TPSA) is 104 Å². The van der Waals surface area contributed by atoms with Crippen molar-refractivity contribution in [1.29, 1.82) is 0 Å². The second kappa shape index (κ2) is 9.46. The quantitative estimate of drug-likeness (QED) is 0.343. The number of thioether (sulfide) groups is 1. The van der Waals surface area contributed by atoms with Crippen molar-refractivity contribution in [3.05, 3.63) is 78.4 Å². The molecule has 0 amide bonds. The highest BCUT2D eigenvalue weighted by molar-refractivity contribution is 7.98. The molecule has 1 aromatic heterocycles. The summed E-state index contributed by atoms with van der Waals surface area (Å²) in [4.78, 5) is 9.25. The lowest BCUT2D eigenvalue weighted by Crippen LogP contribution is -2.16. The van der Waals surface area contributed by atoms with Gasteiger partial charge in [-0.05, 0) is 54.3 Å².